The Morgan fingerprint density at radius 3 is 2.71 bits per heavy atom. The molecule has 0 radical (unpaired) electrons. The fourth-order valence-corrected chi connectivity index (χ4v) is 4.52. The quantitative estimate of drug-likeness (QED) is 0.763. The molecule has 0 unspecified atom stereocenters. The van der Waals surface area contributed by atoms with Crippen molar-refractivity contribution in [2.24, 2.45) is 12.5 Å². The largest absolute Gasteiger partial charge is 0.444 e. The molecule has 2 N–H and O–H groups in total. The molecule has 1 saturated heterocycles. The number of aromatic nitrogens is 4. The van der Waals surface area contributed by atoms with Crippen LogP contribution >= 0.6 is 0 Å². The minimum Gasteiger partial charge on any atom is -0.444 e. The molecule has 0 aromatic carbocycles. The van der Waals surface area contributed by atoms with E-state index in [1.807, 2.05) is 45.0 Å². The predicted octanol–water partition coefficient (Wildman–Crippen LogP) is 3.94. The van der Waals surface area contributed by atoms with E-state index >= 15 is 0 Å². The highest BCUT2D eigenvalue weighted by Gasteiger charge is 2.43. The Morgan fingerprint density at radius 2 is 2.03 bits per heavy atom. The molecule has 2 aromatic heterocycles. The van der Waals surface area contributed by atoms with E-state index in [1.54, 1.807) is 17.1 Å². The van der Waals surface area contributed by atoms with Crippen molar-refractivity contribution in [1.82, 2.24) is 24.6 Å². The summed E-state index contributed by atoms with van der Waals surface area (Å²) >= 11 is 0. The third-order valence-corrected chi connectivity index (χ3v) is 6.10. The Morgan fingerprint density at radius 1 is 1.26 bits per heavy atom. The van der Waals surface area contributed by atoms with E-state index in [9.17, 15) is 4.79 Å². The van der Waals surface area contributed by atoms with Crippen LogP contribution in [0.3, 0.4) is 0 Å². The SMILES string of the molecule is Cn1cc(Nc2nccc(NC3CCC4(CC3)CCN(C(=O)OC(C)(C)C)C4)n2)cn1. The first-order chi connectivity index (χ1) is 14.7. The van der Waals surface area contributed by atoms with Gasteiger partial charge in [-0.25, -0.2) is 9.78 Å². The third kappa shape index (κ3) is 5.45. The molecule has 1 amide bonds. The van der Waals surface area contributed by atoms with Crippen LogP contribution in [0.4, 0.5) is 22.2 Å². The Labute approximate surface area is 183 Å². The van der Waals surface area contributed by atoms with Gasteiger partial charge in [0.1, 0.15) is 11.4 Å². The van der Waals surface area contributed by atoms with E-state index < -0.39 is 5.60 Å². The minimum atomic E-state index is -0.448. The maximum atomic E-state index is 12.4. The number of nitrogens with one attached hydrogen (secondary N) is 2. The van der Waals surface area contributed by atoms with Gasteiger partial charge < -0.3 is 20.3 Å². The van der Waals surface area contributed by atoms with E-state index in [2.05, 4.69) is 25.7 Å². The number of carbonyl (C=O) groups excluding carboxylic acids is 1. The molecule has 168 valence electrons. The molecule has 2 aromatic rings. The highest BCUT2D eigenvalue weighted by molar-refractivity contribution is 5.68. The number of hydrogen-bond donors (Lipinski definition) is 2. The first-order valence-electron chi connectivity index (χ1n) is 11.0. The van der Waals surface area contributed by atoms with Gasteiger partial charge in [-0.2, -0.15) is 10.1 Å². The van der Waals surface area contributed by atoms with Crippen molar-refractivity contribution in [2.45, 2.75) is 64.5 Å². The molecule has 1 aliphatic carbocycles. The number of aryl methyl sites for hydroxylation is 1. The van der Waals surface area contributed by atoms with Crippen molar-refractivity contribution in [3.05, 3.63) is 24.7 Å². The summed E-state index contributed by atoms with van der Waals surface area (Å²) in [7, 11) is 1.87. The Hall–Kier alpha value is -2.84. The van der Waals surface area contributed by atoms with Crippen LogP contribution < -0.4 is 10.6 Å². The second kappa shape index (κ2) is 8.36. The molecule has 9 nitrogen and oxygen atoms in total. The van der Waals surface area contributed by atoms with Crippen LogP contribution in [0.15, 0.2) is 24.7 Å². The first-order valence-corrected chi connectivity index (χ1v) is 11.0. The molecule has 0 atom stereocenters. The lowest BCUT2D eigenvalue weighted by Crippen LogP contribution is -2.39. The Kier molecular flexibility index (Phi) is 5.77. The number of nitrogens with zero attached hydrogens (tertiary/aromatic N) is 5. The van der Waals surface area contributed by atoms with Crippen LogP contribution in [0.1, 0.15) is 52.9 Å². The molecule has 2 aliphatic rings. The lowest BCUT2D eigenvalue weighted by atomic mass is 9.72. The molecule has 0 bridgehead atoms. The summed E-state index contributed by atoms with van der Waals surface area (Å²) in [5.74, 6) is 1.37. The molecule has 1 spiro atoms. The predicted molar refractivity (Wildman–Crippen MR) is 119 cm³/mol. The van der Waals surface area contributed by atoms with Gasteiger partial charge in [-0.15, -0.1) is 0 Å². The second-order valence-electron chi connectivity index (χ2n) is 9.86. The molecule has 3 heterocycles. The first kappa shape index (κ1) is 21.4. The monoisotopic (exact) mass is 427 g/mol. The average molecular weight is 428 g/mol. The normalized spacial score (nSPS) is 23.7. The van der Waals surface area contributed by atoms with Crippen molar-refractivity contribution in [3.8, 4) is 0 Å². The number of amides is 1. The molecule has 1 aliphatic heterocycles. The Bertz CT molecular complexity index is 913. The smallest absolute Gasteiger partial charge is 0.410 e. The molecule has 1 saturated carbocycles. The van der Waals surface area contributed by atoms with Crippen molar-refractivity contribution in [1.29, 1.82) is 0 Å². The van der Waals surface area contributed by atoms with Gasteiger partial charge in [0.15, 0.2) is 0 Å². The third-order valence-electron chi connectivity index (χ3n) is 6.10. The molecular formula is C22H33N7O2. The van der Waals surface area contributed by atoms with Gasteiger partial charge in [-0.3, -0.25) is 4.68 Å². The number of ether oxygens (including phenoxy) is 1. The zero-order valence-electron chi connectivity index (χ0n) is 18.9. The lowest BCUT2D eigenvalue weighted by molar-refractivity contribution is 0.0261. The fourth-order valence-electron chi connectivity index (χ4n) is 4.52. The van der Waals surface area contributed by atoms with Gasteiger partial charge >= 0.3 is 6.09 Å². The van der Waals surface area contributed by atoms with Crippen molar-refractivity contribution in [3.63, 3.8) is 0 Å². The fraction of sp³-hybridized carbons (Fsp3) is 0.636. The van der Waals surface area contributed by atoms with Crippen LogP contribution in [0, 0.1) is 5.41 Å². The zero-order valence-corrected chi connectivity index (χ0v) is 18.9. The summed E-state index contributed by atoms with van der Waals surface area (Å²) in [5, 5.41) is 10.9. The van der Waals surface area contributed by atoms with Crippen LogP contribution in [0.5, 0.6) is 0 Å². The van der Waals surface area contributed by atoms with Gasteiger partial charge in [-0.1, -0.05) is 0 Å². The number of hydrogen-bond acceptors (Lipinski definition) is 7. The van der Waals surface area contributed by atoms with Crippen molar-refractivity contribution >= 4 is 23.5 Å². The topological polar surface area (TPSA) is 97.2 Å². The molecule has 4 rings (SSSR count). The molecule has 31 heavy (non-hydrogen) atoms. The van der Waals surface area contributed by atoms with Crippen LogP contribution in [-0.2, 0) is 11.8 Å². The van der Waals surface area contributed by atoms with Gasteiger partial charge in [-0.05, 0) is 64.4 Å². The van der Waals surface area contributed by atoms with E-state index in [0.717, 1.165) is 56.7 Å². The maximum absolute atomic E-state index is 12.4. The molecule has 2 fully saturated rings. The molecule has 9 heteroatoms. The highest BCUT2D eigenvalue weighted by atomic mass is 16.6. The highest BCUT2D eigenvalue weighted by Crippen LogP contribution is 2.44. The van der Waals surface area contributed by atoms with Gasteiger partial charge in [0.25, 0.3) is 0 Å². The van der Waals surface area contributed by atoms with Crippen molar-refractivity contribution < 1.29 is 9.53 Å². The standard InChI is InChI=1S/C22H33N7O2/c1-21(2,3)31-20(30)29-12-10-22(15-29)8-5-16(6-9-22)25-18-7-11-23-19(27-18)26-17-13-24-28(4)14-17/h7,11,13-14,16H,5-6,8-10,12,15H2,1-4H3,(H2,23,25,26,27). The minimum absolute atomic E-state index is 0.181. The lowest BCUT2D eigenvalue weighted by Gasteiger charge is -2.37. The van der Waals surface area contributed by atoms with E-state index in [-0.39, 0.29) is 11.5 Å². The van der Waals surface area contributed by atoms with Crippen molar-refractivity contribution in [2.75, 3.05) is 23.7 Å². The summed E-state index contributed by atoms with van der Waals surface area (Å²) in [6.07, 6.45) is 10.6. The zero-order chi connectivity index (χ0) is 22.1. The molecular weight excluding hydrogens is 394 g/mol. The second-order valence-corrected chi connectivity index (χ2v) is 9.86. The number of carbonyl (C=O) groups is 1. The van der Waals surface area contributed by atoms with Gasteiger partial charge in [0.2, 0.25) is 5.95 Å². The van der Waals surface area contributed by atoms with E-state index in [0.29, 0.717) is 12.0 Å². The summed E-state index contributed by atoms with van der Waals surface area (Å²) in [5.41, 5.74) is 0.639. The maximum Gasteiger partial charge on any atom is 0.410 e. The summed E-state index contributed by atoms with van der Waals surface area (Å²) < 4.78 is 7.29. The van der Waals surface area contributed by atoms with Crippen LogP contribution in [-0.4, -0.2) is 55.5 Å². The summed E-state index contributed by atoms with van der Waals surface area (Å²) in [6.45, 7) is 7.35. The van der Waals surface area contributed by atoms with E-state index in [4.69, 9.17) is 4.74 Å². The van der Waals surface area contributed by atoms with Gasteiger partial charge in [0, 0.05) is 38.6 Å². The van der Waals surface area contributed by atoms with Crippen LogP contribution in [0.2, 0.25) is 0 Å². The number of anilines is 3. The average Bonchev–Trinajstić information content (AvgIpc) is 3.30. The van der Waals surface area contributed by atoms with Gasteiger partial charge in [0.05, 0.1) is 11.9 Å². The van der Waals surface area contributed by atoms with Crippen LogP contribution in [0.25, 0.3) is 0 Å². The summed E-state index contributed by atoms with van der Waals surface area (Å²) in [6, 6.07) is 2.28. The summed E-state index contributed by atoms with van der Waals surface area (Å²) in [4.78, 5) is 23.2. The Balaban J connectivity index is 1.29. The van der Waals surface area contributed by atoms with E-state index in [1.165, 1.54) is 0 Å². The number of likely N-dealkylation sites (tertiary alicyclic amines) is 1. The number of rotatable bonds is 4.